The third-order valence-corrected chi connectivity index (χ3v) is 2.38. The van der Waals surface area contributed by atoms with Gasteiger partial charge in [-0.1, -0.05) is 0 Å². The molecule has 0 atom stereocenters. The summed E-state index contributed by atoms with van der Waals surface area (Å²) >= 11 is 0. The standard InChI is InChI=1S/C12H8F3N3O/c13-9-5-8(6-16)1-2-10(9)19-7-11-17-3-4-18(11)12(14)15/h1-5,12H,7H2. The van der Waals surface area contributed by atoms with Crippen molar-refractivity contribution in [2.75, 3.05) is 0 Å². The predicted octanol–water partition coefficient (Wildman–Crippen LogP) is 2.87. The normalized spacial score (nSPS) is 10.5. The highest BCUT2D eigenvalue weighted by Crippen LogP contribution is 2.20. The van der Waals surface area contributed by atoms with E-state index in [-0.39, 0.29) is 23.7 Å². The molecule has 1 heterocycles. The molecule has 0 bridgehead atoms. The number of rotatable bonds is 4. The topological polar surface area (TPSA) is 50.8 Å². The zero-order valence-corrected chi connectivity index (χ0v) is 9.55. The molecule has 1 aromatic heterocycles. The van der Waals surface area contributed by atoms with Crippen LogP contribution in [0.25, 0.3) is 0 Å². The van der Waals surface area contributed by atoms with Crippen LogP contribution < -0.4 is 4.74 Å². The van der Waals surface area contributed by atoms with Gasteiger partial charge in [-0.3, -0.25) is 4.57 Å². The summed E-state index contributed by atoms with van der Waals surface area (Å²) in [5.74, 6) is -0.865. The average Bonchev–Trinajstić information content (AvgIpc) is 2.85. The molecule has 19 heavy (non-hydrogen) atoms. The number of alkyl halides is 2. The van der Waals surface area contributed by atoms with E-state index in [4.69, 9.17) is 10.00 Å². The van der Waals surface area contributed by atoms with Crippen LogP contribution in [-0.4, -0.2) is 9.55 Å². The van der Waals surface area contributed by atoms with E-state index >= 15 is 0 Å². The molecule has 0 aliphatic heterocycles. The maximum absolute atomic E-state index is 13.5. The maximum Gasteiger partial charge on any atom is 0.320 e. The summed E-state index contributed by atoms with van der Waals surface area (Å²) < 4.78 is 44.2. The summed E-state index contributed by atoms with van der Waals surface area (Å²) in [5.41, 5.74) is 0.152. The lowest BCUT2D eigenvalue weighted by atomic mass is 10.2. The number of aromatic nitrogens is 2. The molecule has 2 aromatic rings. The first-order valence-electron chi connectivity index (χ1n) is 5.24. The fraction of sp³-hybridized carbons (Fsp3) is 0.167. The quantitative estimate of drug-likeness (QED) is 0.855. The van der Waals surface area contributed by atoms with Gasteiger partial charge in [0.2, 0.25) is 0 Å². The smallest absolute Gasteiger partial charge is 0.320 e. The maximum atomic E-state index is 13.5. The average molecular weight is 267 g/mol. The van der Waals surface area contributed by atoms with Crippen LogP contribution in [0, 0.1) is 17.1 Å². The predicted molar refractivity (Wildman–Crippen MR) is 58.9 cm³/mol. The van der Waals surface area contributed by atoms with E-state index in [0.29, 0.717) is 4.57 Å². The van der Waals surface area contributed by atoms with E-state index in [2.05, 4.69) is 4.98 Å². The molecule has 2 rings (SSSR count). The molecule has 1 aromatic carbocycles. The summed E-state index contributed by atoms with van der Waals surface area (Å²) in [4.78, 5) is 3.70. The number of halogens is 3. The Labute approximate surface area is 106 Å². The molecule has 98 valence electrons. The van der Waals surface area contributed by atoms with Gasteiger partial charge >= 0.3 is 6.55 Å². The summed E-state index contributed by atoms with van der Waals surface area (Å²) in [7, 11) is 0. The second-order valence-electron chi connectivity index (χ2n) is 3.57. The zero-order chi connectivity index (χ0) is 13.8. The lowest BCUT2D eigenvalue weighted by Crippen LogP contribution is -2.07. The summed E-state index contributed by atoms with van der Waals surface area (Å²) in [5, 5.41) is 8.58. The van der Waals surface area contributed by atoms with Gasteiger partial charge in [-0.2, -0.15) is 14.0 Å². The molecule has 0 unspecified atom stereocenters. The summed E-state index contributed by atoms with van der Waals surface area (Å²) in [6, 6.07) is 5.43. The van der Waals surface area contributed by atoms with E-state index < -0.39 is 12.4 Å². The van der Waals surface area contributed by atoms with Gasteiger partial charge in [0.05, 0.1) is 11.6 Å². The van der Waals surface area contributed by atoms with Crippen LogP contribution in [0.3, 0.4) is 0 Å². The van der Waals surface area contributed by atoms with Crippen LogP contribution in [0.1, 0.15) is 17.9 Å². The summed E-state index contributed by atoms with van der Waals surface area (Å²) in [6.07, 6.45) is 2.32. The van der Waals surface area contributed by atoms with Crippen molar-refractivity contribution in [2.45, 2.75) is 13.2 Å². The zero-order valence-electron chi connectivity index (χ0n) is 9.55. The van der Waals surface area contributed by atoms with E-state index in [1.807, 2.05) is 0 Å². The molecule has 0 saturated carbocycles. The highest BCUT2D eigenvalue weighted by atomic mass is 19.3. The van der Waals surface area contributed by atoms with Gasteiger partial charge in [0.25, 0.3) is 0 Å². The minimum atomic E-state index is -2.73. The Bertz CT molecular complexity index is 619. The van der Waals surface area contributed by atoms with Crippen LogP contribution in [0.5, 0.6) is 5.75 Å². The largest absolute Gasteiger partial charge is 0.483 e. The fourth-order valence-corrected chi connectivity index (χ4v) is 1.46. The van der Waals surface area contributed by atoms with Crippen LogP contribution in [0.4, 0.5) is 13.2 Å². The van der Waals surface area contributed by atoms with Crippen LogP contribution in [0.2, 0.25) is 0 Å². The van der Waals surface area contributed by atoms with Crippen molar-refractivity contribution in [2.24, 2.45) is 0 Å². The second kappa shape index (κ2) is 5.44. The summed E-state index contributed by atoms with van der Waals surface area (Å²) in [6.45, 7) is -3.02. The lowest BCUT2D eigenvalue weighted by molar-refractivity contribution is 0.0631. The van der Waals surface area contributed by atoms with Crippen molar-refractivity contribution in [3.8, 4) is 11.8 Å². The highest BCUT2D eigenvalue weighted by Gasteiger charge is 2.12. The minimum Gasteiger partial charge on any atom is -0.483 e. The van der Waals surface area contributed by atoms with Gasteiger partial charge in [0, 0.05) is 12.4 Å². The Kier molecular flexibility index (Phi) is 3.71. The van der Waals surface area contributed by atoms with Crippen molar-refractivity contribution in [3.63, 3.8) is 0 Å². The molecule has 0 aliphatic carbocycles. The molecule has 0 radical (unpaired) electrons. The molecule has 0 saturated heterocycles. The number of ether oxygens (including phenoxy) is 1. The Hall–Kier alpha value is -2.49. The molecular weight excluding hydrogens is 259 g/mol. The van der Waals surface area contributed by atoms with Crippen molar-refractivity contribution in [3.05, 3.63) is 47.8 Å². The fourth-order valence-electron chi connectivity index (χ4n) is 1.46. The SMILES string of the molecule is N#Cc1ccc(OCc2nccn2C(F)F)c(F)c1. The number of hydrogen-bond donors (Lipinski definition) is 0. The van der Waals surface area contributed by atoms with E-state index in [1.165, 1.54) is 18.3 Å². The molecule has 0 spiro atoms. The molecule has 0 fully saturated rings. The molecule has 7 heteroatoms. The third kappa shape index (κ3) is 2.85. The molecule has 0 amide bonds. The monoisotopic (exact) mass is 267 g/mol. The Balaban J connectivity index is 2.11. The number of nitriles is 1. The van der Waals surface area contributed by atoms with Crippen molar-refractivity contribution < 1.29 is 17.9 Å². The van der Waals surface area contributed by atoms with Gasteiger partial charge in [0.15, 0.2) is 17.4 Å². The molecule has 4 nitrogen and oxygen atoms in total. The molecular formula is C12H8F3N3O. The Morgan fingerprint density at radius 1 is 1.42 bits per heavy atom. The van der Waals surface area contributed by atoms with E-state index in [1.54, 1.807) is 6.07 Å². The van der Waals surface area contributed by atoms with E-state index in [9.17, 15) is 13.2 Å². The Morgan fingerprint density at radius 2 is 2.21 bits per heavy atom. The number of hydrogen-bond acceptors (Lipinski definition) is 3. The van der Waals surface area contributed by atoms with Crippen LogP contribution in [0.15, 0.2) is 30.6 Å². The van der Waals surface area contributed by atoms with Gasteiger partial charge < -0.3 is 4.74 Å². The Morgan fingerprint density at radius 3 is 2.84 bits per heavy atom. The molecule has 0 aliphatic rings. The van der Waals surface area contributed by atoms with Gasteiger partial charge in [-0.25, -0.2) is 9.37 Å². The first-order valence-corrected chi connectivity index (χ1v) is 5.24. The molecule has 0 N–H and O–H groups in total. The van der Waals surface area contributed by atoms with Gasteiger partial charge in [-0.05, 0) is 18.2 Å². The number of nitrogens with zero attached hydrogens (tertiary/aromatic N) is 3. The van der Waals surface area contributed by atoms with E-state index in [0.717, 1.165) is 12.3 Å². The van der Waals surface area contributed by atoms with Crippen molar-refractivity contribution in [1.29, 1.82) is 5.26 Å². The lowest BCUT2D eigenvalue weighted by Gasteiger charge is -2.09. The van der Waals surface area contributed by atoms with Crippen LogP contribution >= 0.6 is 0 Å². The van der Waals surface area contributed by atoms with Crippen LogP contribution in [-0.2, 0) is 6.61 Å². The van der Waals surface area contributed by atoms with Gasteiger partial charge in [-0.15, -0.1) is 0 Å². The second-order valence-corrected chi connectivity index (χ2v) is 3.57. The van der Waals surface area contributed by atoms with Crippen molar-refractivity contribution in [1.82, 2.24) is 9.55 Å². The highest BCUT2D eigenvalue weighted by molar-refractivity contribution is 5.35. The first kappa shape index (κ1) is 13.0. The number of benzene rings is 1. The van der Waals surface area contributed by atoms with Gasteiger partial charge in [0.1, 0.15) is 6.61 Å². The minimum absolute atomic E-state index is 0.0150. The van der Waals surface area contributed by atoms with Crippen molar-refractivity contribution >= 4 is 0 Å². The number of imidazole rings is 1. The first-order chi connectivity index (χ1) is 9.11. The third-order valence-electron chi connectivity index (χ3n) is 2.38.